The van der Waals surface area contributed by atoms with Crippen LogP contribution in [0.2, 0.25) is 0 Å². The van der Waals surface area contributed by atoms with Gasteiger partial charge in [-0.15, -0.1) is 0 Å². The lowest BCUT2D eigenvalue weighted by atomic mass is 10.2. The first kappa shape index (κ1) is 16.7. The van der Waals surface area contributed by atoms with Crippen LogP contribution in [-0.2, 0) is 11.3 Å². The number of anilines is 2. The maximum Gasteiger partial charge on any atom is 0.343 e. The number of rotatable bonds is 5. The number of nitrogens with zero attached hydrogens (tertiary/aromatic N) is 5. The molecule has 27 heavy (non-hydrogen) atoms. The van der Waals surface area contributed by atoms with Crippen LogP contribution in [0.4, 0.5) is 11.5 Å². The van der Waals surface area contributed by atoms with Crippen molar-refractivity contribution in [3.63, 3.8) is 0 Å². The summed E-state index contributed by atoms with van der Waals surface area (Å²) in [5.41, 5.74) is 2.59. The highest BCUT2D eigenvalue weighted by Crippen LogP contribution is 2.22. The standard InChI is InChI=1S/C20H17N5O2/c1-24(16-8-5-10-21-12-16)18-9-11-25-19(23-18)17(13-22-25)20(26)27-14-15-6-3-2-4-7-15/h2-13H,14H2,1H3. The normalized spacial score (nSPS) is 10.7. The average molecular weight is 359 g/mol. The average Bonchev–Trinajstić information content (AvgIpc) is 3.16. The van der Waals surface area contributed by atoms with Crippen LogP contribution in [0.3, 0.4) is 0 Å². The van der Waals surface area contributed by atoms with Gasteiger partial charge in [0, 0.05) is 19.4 Å². The molecule has 0 bridgehead atoms. The molecule has 0 N–H and O–H groups in total. The van der Waals surface area contributed by atoms with Crippen molar-refractivity contribution in [1.29, 1.82) is 0 Å². The molecule has 7 nitrogen and oxygen atoms in total. The van der Waals surface area contributed by atoms with Crippen LogP contribution in [0.25, 0.3) is 5.65 Å². The molecule has 0 amide bonds. The number of ether oxygens (including phenoxy) is 1. The highest BCUT2D eigenvalue weighted by atomic mass is 16.5. The van der Waals surface area contributed by atoms with Crippen LogP contribution in [-0.4, -0.2) is 32.6 Å². The van der Waals surface area contributed by atoms with Gasteiger partial charge in [0.05, 0.1) is 18.1 Å². The van der Waals surface area contributed by atoms with E-state index in [2.05, 4.69) is 15.1 Å². The Labute approximate surface area is 155 Å². The van der Waals surface area contributed by atoms with Crippen LogP contribution >= 0.6 is 0 Å². The summed E-state index contributed by atoms with van der Waals surface area (Å²) in [4.78, 5) is 23.1. The first-order valence-corrected chi connectivity index (χ1v) is 8.41. The fourth-order valence-electron chi connectivity index (χ4n) is 2.68. The molecule has 4 rings (SSSR count). The Bertz CT molecular complexity index is 1060. The molecular weight excluding hydrogens is 342 g/mol. The first-order valence-electron chi connectivity index (χ1n) is 8.41. The molecule has 0 spiro atoms. The van der Waals surface area contributed by atoms with E-state index < -0.39 is 5.97 Å². The van der Waals surface area contributed by atoms with E-state index in [1.165, 1.54) is 6.20 Å². The molecule has 0 atom stereocenters. The smallest absolute Gasteiger partial charge is 0.343 e. The lowest BCUT2D eigenvalue weighted by Gasteiger charge is -2.17. The third-order valence-electron chi connectivity index (χ3n) is 4.16. The van der Waals surface area contributed by atoms with E-state index in [0.29, 0.717) is 17.0 Å². The van der Waals surface area contributed by atoms with Gasteiger partial charge in [-0.1, -0.05) is 30.3 Å². The second-order valence-corrected chi connectivity index (χ2v) is 5.94. The Morgan fingerprint density at radius 3 is 2.74 bits per heavy atom. The number of carbonyl (C=O) groups excluding carboxylic acids is 1. The Balaban J connectivity index is 1.59. The van der Waals surface area contributed by atoms with Crippen molar-refractivity contribution >= 4 is 23.1 Å². The molecule has 3 aromatic heterocycles. The second kappa shape index (κ2) is 7.25. The molecule has 0 saturated carbocycles. The quantitative estimate of drug-likeness (QED) is 0.509. The molecule has 0 aliphatic carbocycles. The molecule has 7 heteroatoms. The van der Waals surface area contributed by atoms with Crippen molar-refractivity contribution in [3.8, 4) is 0 Å². The van der Waals surface area contributed by atoms with E-state index in [1.807, 2.05) is 60.5 Å². The van der Waals surface area contributed by atoms with E-state index in [0.717, 1.165) is 11.3 Å². The Morgan fingerprint density at radius 2 is 1.96 bits per heavy atom. The maximum absolute atomic E-state index is 12.5. The first-order chi connectivity index (χ1) is 13.2. The number of aromatic nitrogens is 4. The molecule has 0 radical (unpaired) electrons. The van der Waals surface area contributed by atoms with Gasteiger partial charge < -0.3 is 9.64 Å². The van der Waals surface area contributed by atoms with Gasteiger partial charge in [-0.3, -0.25) is 4.98 Å². The number of carbonyl (C=O) groups is 1. The summed E-state index contributed by atoms with van der Waals surface area (Å²) >= 11 is 0. The van der Waals surface area contributed by atoms with E-state index in [4.69, 9.17) is 4.74 Å². The minimum atomic E-state index is -0.456. The van der Waals surface area contributed by atoms with Crippen molar-refractivity contribution < 1.29 is 9.53 Å². The Kier molecular flexibility index (Phi) is 4.49. The minimum Gasteiger partial charge on any atom is -0.457 e. The lowest BCUT2D eigenvalue weighted by Crippen LogP contribution is -2.12. The summed E-state index contributed by atoms with van der Waals surface area (Å²) in [5, 5.41) is 4.19. The minimum absolute atomic E-state index is 0.201. The van der Waals surface area contributed by atoms with Crippen LogP contribution in [0.15, 0.2) is 73.3 Å². The number of esters is 1. The molecular formula is C20H17N5O2. The van der Waals surface area contributed by atoms with E-state index in [-0.39, 0.29) is 6.61 Å². The monoisotopic (exact) mass is 359 g/mol. The molecule has 1 aromatic carbocycles. The van der Waals surface area contributed by atoms with Crippen molar-refractivity contribution in [2.45, 2.75) is 6.61 Å². The molecule has 4 aromatic rings. The topological polar surface area (TPSA) is 72.6 Å². The zero-order valence-electron chi connectivity index (χ0n) is 14.7. The van der Waals surface area contributed by atoms with E-state index in [9.17, 15) is 4.79 Å². The van der Waals surface area contributed by atoms with Crippen molar-refractivity contribution in [2.75, 3.05) is 11.9 Å². The third-order valence-corrected chi connectivity index (χ3v) is 4.16. The van der Waals surface area contributed by atoms with Crippen molar-refractivity contribution in [2.24, 2.45) is 0 Å². The summed E-state index contributed by atoms with van der Waals surface area (Å²) in [6.07, 6.45) is 6.70. The maximum atomic E-state index is 12.5. The highest BCUT2D eigenvalue weighted by molar-refractivity contribution is 5.95. The molecule has 3 heterocycles. The number of hydrogen-bond donors (Lipinski definition) is 0. The van der Waals surface area contributed by atoms with Crippen molar-refractivity contribution in [3.05, 3.63) is 84.4 Å². The van der Waals surface area contributed by atoms with Gasteiger partial charge in [-0.2, -0.15) is 5.10 Å². The Morgan fingerprint density at radius 1 is 1.11 bits per heavy atom. The summed E-state index contributed by atoms with van der Waals surface area (Å²) in [7, 11) is 1.89. The van der Waals surface area contributed by atoms with Gasteiger partial charge in [0.1, 0.15) is 18.0 Å². The third kappa shape index (κ3) is 3.48. The molecule has 134 valence electrons. The fraction of sp³-hybridized carbons (Fsp3) is 0.100. The SMILES string of the molecule is CN(c1cccnc1)c1ccn2ncc(C(=O)OCc3ccccc3)c2n1. The molecule has 0 unspecified atom stereocenters. The van der Waals surface area contributed by atoms with Gasteiger partial charge in [0.15, 0.2) is 5.65 Å². The van der Waals surface area contributed by atoms with Gasteiger partial charge in [-0.05, 0) is 23.8 Å². The van der Waals surface area contributed by atoms with Gasteiger partial charge >= 0.3 is 5.97 Å². The number of fused-ring (bicyclic) bond motifs is 1. The highest BCUT2D eigenvalue weighted by Gasteiger charge is 2.17. The lowest BCUT2D eigenvalue weighted by molar-refractivity contribution is 0.0475. The fourth-order valence-corrected chi connectivity index (χ4v) is 2.68. The van der Waals surface area contributed by atoms with Gasteiger partial charge in [0.25, 0.3) is 0 Å². The number of benzene rings is 1. The summed E-state index contributed by atoms with van der Waals surface area (Å²) in [6.45, 7) is 0.201. The van der Waals surface area contributed by atoms with Gasteiger partial charge in [-0.25, -0.2) is 14.3 Å². The van der Waals surface area contributed by atoms with Crippen LogP contribution < -0.4 is 4.90 Å². The van der Waals surface area contributed by atoms with Gasteiger partial charge in [0.2, 0.25) is 0 Å². The number of pyridine rings is 1. The predicted octanol–water partition coefficient (Wildman–Crippen LogP) is 3.25. The largest absolute Gasteiger partial charge is 0.457 e. The summed E-state index contributed by atoms with van der Waals surface area (Å²) in [6, 6.07) is 15.2. The summed E-state index contributed by atoms with van der Waals surface area (Å²) in [5.74, 6) is 0.218. The zero-order valence-corrected chi connectivity index (χ0v) is 14.7. The molecule has 0 saturated heterocycles. The van der Waals surface area contributed by atoms with Crippen LogP contribution in [0.5, 0.6) is 0 Å². The second-order valence-electron chi connectivity index (χ2n) is 5.94. The van der Waals surface area contributed by atoms with Crippen LogP contribution in [0.1, 0.15) is 15.9 Å². The summed E-state index contributed by atoms with van der Waals surface area (Å²) < 4.78 is 6.96. The molecule has 0 fully saturated rings. The zero-order chi connectivity index (χ0) is 18.6. The Hall–Kier alpha value is -3.74. The predicted molar refractivity (Wildman–Crippen MR) is 101 cm³/mol. The van der Waals surface area contributed by atoms with Crippen molar-refractivity contribution in [1.82, 2.24) is 19.6 Å². The van der Waals surface area contributed by atoms with E-state index in [1.54, 1.807) is 23.1 Å². The number of hydrogen-bond acceptors (Lipinski definition) is 6. The van der Waals surface area contributed by atoms with Crippen LogP contribution in [0, 0.1) is 0 Å². The molecule has 0 aliphatic rings. The van der Waals surface area contributed by atoms with E-state index >= 15 is 0 Å². The molecule has 0 aliphatic heterocycles.